The average molecular weight is 407 g/mol. The number of aromatic nitrogens is 2. The molecule has 1 atom stereocenters. The fraction of sp³-hybridized carbons (Fsp3) is 0.700. The first-order valence-corrected chi connectivity index (χ1v) is 10.8. The lowest BCUT2D eigenvalue weighted by atomic mass is 9.75. The van der Waals surface area contributed by atoms with E-state index in [-0.39, 0.29) is 11.5 Å². The van der Waals surface area contributed by atoms with Crippen LogP contribution in [0.15, 0.2) is 16.8 Å². The monoisotopic (exact) mass is 406 g/mol. The molecule has 7 nitrogen and oxygen atoms in total. The summed E-state index contributed by atoms with van der Waals surface area (Å²) >= 11 is -1.38. The average Bonchev–Trinajstić information content (AvgIpc) is 2.86. The first-order valence-electron chi connectivity index (χ1n) is 9.71. The standard InChI is InChI=1S/C20H30N4O3S/c1-18(2,3)27-17(25)24-11-7-20(8-12-24)13-14-15(22-10-9-21-14)16(20)23-28(26)19(4,5)6/h9-10H,7-8,11-13H2,1-6H3/b23-16+/t28-/m1/s1. The second kappa shape index (κ2) is 7.30. The van der Waals surface area contributed by atoms with Crippen LogP contribution in [0, 0.1) is 5.41 Å². The quantitative estimate of drug-likeness (QED) is 0.668. The summed E-state index contributed by atoms with van der Waals surface area (Å²) in [7, 11) is 0. The van der Waals surface area contributed by atoms with E-state index in [1.54, 1.807) is 17.3 Å². The summed E-state index contributed by atoms with van der Waals surface area (Å²) in [6, 6.07) is 0. The minimum absolute atomic E-state index is 0.275. The molecule has 1 spiro atoms. The SMILES string of the molecule is CC(C)(C)OC(=O)N1CCC2(CC1)Cc1nccnc1/C2=N\[S@+]([O-])C(C)(C)C. The summed E-state index contributed by atoms with van der Waals surface area (Å²) < 4.78 is 22.5. The highest BCUT2D eigenvalue weighted by Gasteiger charge is 2.49. The summed E-state index contributed by atoms with van der Waals surface area (Å²) in [5, 5.41) is 0. The molecule has 1 amide bonds. The van der Waals surface area contributed by atoms with Gasteiger partial charge in [0.1, 0.15) is 33.1 Å². The van der Waals surface area contributed by atoms with Gasteiger partial charge in [0.2, 0.25) is 0 Å². The van der Waals surface area contributed by atoms with E-state index in [0.29, 0.717) is 13.1 Å². The number of hydrogen-bond donors (Lipinski definition) is 0. The Hall–Kier alpha value is -1.67. The molecule has 0 N–H and O–H groups in total. The molecule has 0 aromatic carbocycles. The van der Waals surface area contributed by atoms with Crippen LogP contribution in [0.3, 0.4) is 0 Å². The molecule has 2 heterocycles. The zero-order valence-electron chi connectivity index (χ0n) is 17.6. The Morgan fingerprint density at radius 3 is 2.36 bits per heavy atom. The van der Waals surface area contributed by atoms with Crippen LogP contribution in [0.4, 0.5) is 4.79 Å². The first-order chi connectivity index (χ1) is 12.9. The summed E-state index contributed by atoms with van der Waals surface area (Å²) in [5.74, 6) is 0. The van der Waals surface area contributed by atoms with Crippen molar-refractivity contribution in [1.29, 1.82) is 0 Å². The summed E-state index contributed by atoms with van der Waals surface area (Å²) in [6.45, 7) is 12.5. The molecule has 1 aliphatic carbocycles. The summed E-state index contributed by atoms with van der Waals surface area (Å²) in [4.78, 5) is 23.2. The van der Waals surface area contributed by atoms with Crippen molar-refractivity contribution in [2.75, 3.05) is 13.1 Å². The number of rotatable bonds is 1. The van der Waals surface area contributed by atoms with Crippen molar-refractivity contribution in [3.05, 3.63) is 23.8 Å². The molecular formula is C20H30N4O3S. The topological polar surface area (TPSA) is 90.7 Å². The van der Waals surface area contributed by atoms with E-state index in [1.165, 1.54) is 0 Å². The van der Waals surface area contributed by atoms with E-state index in [0.717, 1.165) is 36.4 Å². The molecule has 1 fully saturated rings. The minimum Gasteiger partial charge on any atom is -0.591 e. The molecular weight excluding hydrogens is 376 g/mol. The van der Waals surface area contributed by atoms with Gasteiger partial charge in [-0.05, 0) is 54.4 Å². The van der Waals surface area contributed by atoms with Gasteiger partial charge >= 0.3 is 6.09 Å². The minimum atomic E-state index is -1.38. The lowest BCUT2D eigenvalue weighted by Gasteiger charge is -2.39. The van der Waals surface area contributed by atoms with E-state index in [4.69, 9.17) is 4.74 Å². The molecule has 0 unspecified atom stereocenters. The predicted octanol–water partition coefficient (Wildman–Crippen LogP) is 3.30. The van der Waals surface area contributed by atoms with Gasteiger partial charge in [0.25, 0.3) is 0 Å². The van der Waals surface area contributed by atoms with Gasteiger partial charge < -0.3 is 14.2 Å². The van der Waals surface area contributed by atoms with Crippen molar-refractivity contribution in [2.45, 2.75) is 71.2 Å². The molecule has 1 aromatic rings. The summed E-state index contributed by atoms with van der Waals surface area (Å²) in [5.41, 5.74) is 1.65. The second-order valence-corrected chi connectivity index (χ2v) is 11.5. The third-order valence-electron chi connectivity index (χ3n) is 5.08. The molecule has 0 saturated carbocycles. The fourth-order valence-electron chi connectivity index (χ4n) is 3.57. The van der Waals surface area contributed by atoms with Crippen molar-refractivity contribution < 1.29 is 14.1 Å². The van der Waals surface area contributed by atoms with Crippen LogP contribution in [-0.2, 0) is 22.5 Å². The van der Waals surface area contributed by atoms with E-state index >= 15 is 0 Å². The van der Waals surface area contributed by atoms with Gasteiger partial charge in [-0.2, -0.15) is 0 Å². The molecule has 2 aliphatic rings. The van der Waals surface area contributed by atoms with Crippen LogP contribution >= 0.6 is 0 Å². The van der Waals surface area contributed by atoms with Crippen molar-refractivity contribution in [3.8, 4) is 0 Å². The maximum Gasteiger partial charge on any atom is 0.410 e. The zero-order valence-corrected chi connectivity index (χ0v) is 18.4. The number of ether oxygens (including phenoxy) is 1. The molecule has 3 rings (SSSR count). The largest absolute Gasteiger partial charge is 0.591 e. The lowest BCUT2D eigenvalue weighted by molar-refractivity contribution is 0.0159. The van der Waals surface area contributed by atoms with E-state index in [2.05, 4.69) is 14.4 Å². The van der Waals surface area contributed by atoms with Gasteiger partial charge in [-0.25, -0.2) is 4.79 Å². The summed E-state index contributed by atoms with van der Waals surface area (Å²) in [6.07, 6.45) is 5.23. The third kappa shape index (κ3) is 4.33. The van der Waals surface area contributed by atoms with Crippen LogP contribution in [0.2, 0.25) is 0 Å². The highest BCUT2D eigenvalue weighted by molar-refractivity contribution is 7.91. The Kier molecular flexibility index (Phi) is 5.49. The number of likely N-dealkylation sites (tertiary alicyclic amines) is 1. The molecule has 1 aromatic heterocycles. The van der Waals surface area contributed by atoms with Crippen molar-refractivity contribution in [1.82, 2.24) is 14.9 Å². The molecule has 1 aliphatic heterocycles. The number of nitrogens with zero attached hydrogens (tertiary/aromatic N) is 4. The molecule has 8 heteroatoms. The number of hydrogen-bond acceptors (Lipinski definition) is 6. The van der Waals surface area contributed by atoms with Crippen LogP contribution in [0.1, 0.15) is 65.8 Å². The maximum absolute atomic E-state index is 12.8. The molecule has 0 bridgehead atoms. The van der Waals surface area contributed by atoms with Gasteiger partial charge in [0.15, 0.2) is 0 Å². The number of carbonyl (C=O) groups is 1. The molecule has 1 saturated heterocycles. The number of amides is 1. The molecule has 28 heavy (non-hydrogen) atoms. The van der Waals surface area contributed by atoms with E-state index < -0.39 is 21.7 Å². The Labute approximate surface area is 170 Å². The highest BCUT2D eigenvalue weighted by atomic mass is 32.2. The zero-order chi connectivity index (χ0) is 20.7. The van der Waals surface area contributed by atoms with Crippen molar-refractivity contribution in [3.63, 3.8) is 0 Å². The number of fused-ring (bicyclic) bond motifs is 1. The van der Waals surface area contributed by atoms with Crippen molar-refractivity contribution in [2.24, 2.45) is 9.81 Å². The Bertz CT molecular complexity index is 774. The van der Waals surface area contributed by atoms with Gasteiger partial charge in [-0.1, -0.05) is 4.40 Å². The van der Waals surface area contributed by atoms with Crippen LogP contribution in [0.25, 0.3) is 0 Å². The Balaban J connectivity index is 1.85. The van der Waals surface area contributed by atoms with Crippen molar-refractivity contribution >= 4 is 23.2 Å². The normalized spacial score (nSPS) is 21.7. The second-order valence-electron chi connectivity index (χ2n) is 9.58. The van der Waals surface area contributed by atoms with Crippen LogP contribution in [-0.4, -0.2) is 54.7 Å². The van der Waals surface area contributed by atoms with Crippen LogP contribution < -0.4 is 0 Å². The first kappa shape index (κ1) is 21.0. The number of carbonyl (C=O) groups excluding carboxylic acids is 1. The smallest absolute Gasteiger partial charge is 0.410 e. The Morgan fingerprint density at radius 1 is 1.18 bits per heavy atom. The Morgan fingerprint density at radius 2 is 1.79 bits per heavy atom. The fourth-order valence-corrected chi connectivity index (χ4v) is 4.29. The molecule has 154 valence electrons. The predicted molar refractivity (Wildman–Crippen MR) is 110 cm³/mol. The lowest BCUT2D eigenvalue weighted by Crippen LogP contribution is -2.47. The van der Waals surface area contributed by atoms with E-state index in [1.807, 2.05) is 41.5 Å². The van der Waals surface area contributed by atoms with Gasteiger partial charge in [-0.3, -0.25) is 9.97 Å². The van der Waals surface area contributed by atoms with Gasteiger partial charge in [0, 0.05) is 37.3 Å². The number of piperidine rings is 1. The highest BCUT2D eigenvalue weighted by Crippen LogP contribution is 2.44. The van der Waals surface area contributed by atoms with Gasteiger partial charge in [-0.15, -0.1) is 0 Å². The molecule has 0 radical (unpaired) electrons. The van der Waals surface area contributed by atoms with E-state index in [9.17, 15) is 9.35 Å². The maximum atomic E-state index is 12.8. The third-order valence-corrected chi connectivity index (χ3v) is 6.47. The van der Waals surface area contributed by atoms with Gasteiger partial charge in [0.05, 0.1) is 5.69 Å². The van der Waals surface area contributed by atoms with Crippen LogP contribution in [0.5, 0.6) is 0 Å².